The fraction of sp³-hybridized carbons (Fsp3) is 0.286. The van der Waals surface area contributed by atoms with E-state index in [2.05, 4.69) is 31.2 Å². The molecule has 0 fully saturated rings. The van der Waals surface area contributed by atoms with Crippen LogP contribution in [0.1, 0.15) is 26.6 Å². The molecule has 0 saturated carbocycles. The number of rotatable bonds is 2. The van der Waals surface area contributed by atoms with Crippen LogP contribution in [0.2, 0.25) is 10.2 Å². The Hall–Kier alpha value is -0.840. The second-order valence-electron chi connectivity index (χ2n) is 5.40. The molecule has 20 heavy (non-hydrogen) atoms. The summed E-state index contributed by atoms with van der Waals surface area (Å²) in [4.78, 5) is 8.75. The van der Waals surface area contributed by atoms with Crippen molar-refractivity contribution in [3.8, 4) is 0 Å². The molecule has 1 aromatic carbocycles. The number of hydrogen-bond donors (Lipinski definition) is 1. The second-order valence-corrected chi connectivity index (χ2v) is 7.05. The molecule has 0 aliphatic rings. The van der Waals surface area contributed by atoms with E-state index >= 15 is 0 Å². The van der Waals surface area contributed by atoms with E-state index in [9.17, 15) is 0 Å². The third-order valence-corrected chi connectivity index (χ3v) is 3.98. The maximum Gasteiger partial charge on any atom is 0.137 e. The summed E-state index contributed by atoms with van der Waals surface area (Å²) in [7, 11) is 0. The number of halogens is 3. The third kappa shape index (κ3) is 3.84. The van der Waals surface area contributed by atoms with E-state index in [1.807, 2.05) is 39.0 Å². The zero-order chi connectivity index (χ0) is 14.9. The van der Waals surface area contributed by atoms with Crippen molar-refractivity contribution < 1.29 is 0 Å². The molecule has 0 amide bonds. The highest BCUT2D eigenvalue weighted by Crippen LogP contribution is 2.28. The van der Waals surface area contributed by atoms with E-state index in [1.165, 1.54) is 0 Å². The number of anilines is 2. The molecule has 6 heteroatoms. The van der Waals surface area contributed by atoms with Crippen molar-refractivity contribution in [1.82, 2.24) is 9.97 Å². The van der Waals surface area contributed by atoms with Gasteiger partial charge in [-0.15, -0.1) is 0 Å². The van der Waals surface area contributed by atoms with Gasteiger partial charge in [0.1, 0.15) is 16.8 Å². The van der Waals surface area contributed by atoms with E-state index < -0.39 is 0 Å². The SMILES string of the molecule is CC(C)(C)c1nc(Cl)cc(Nc2ccc(Br)c(Cl)c2)n1. The summed E-state index contributed by atoms with van der Waals surface area (Å²) in [5.41, 5.74) is 0.673. The van der Waals surface area contributed by atoms with E-state index in [0.717, 1.165) is 10.2 Å². The van der Waals surface area contributed by atoms with Crippen LogP contribution in [0.3, 0.4) is 0 Å². The molecular formula is C14H14BrCl2N3. The van der Waals surface area contributed by atoms with Crippen molar-refractivity contribution in [3.63, 3.8) is 0 Å². The highest BCUT2D eigenvalue weighted by molar-refractivity contribution is 9.10. The van der Waals surface area contributed by atoms with E-state index in [1.54, 1.807) is 6.07 Å². The van der Waals surface area contributed by atoms with Crippen LogP contribution < -0.4 is 5.32 Å². The second kappa shape index (κ2) is 5.88. The molecule has 0 spiro atoms. The molecular weight excluding hydrogens is 361 g/mol. The molecule has 1 N–H and O–H groups in total. The Bertz CT molecular complexity index is 639. The average Bonchev–Trinajstić information content (AvgIpc) is 2.32. The molecule has 1 heterocycles. The standard InChI is InChI=1S/C14H14BrCl2N3/c1-14(2,3)13-19-11(17)7-12(20-13)18-8-4-5-9(15)10(16)6-8/h4-7H,1-3H3,(H,18,19,20). The number of nitrogens with one attached hydrogen (secondary N) is 1. The van der Waals surface area contributed by atoms with Crippen LogP contribution >= 0.6 is 39.1 Å². The van der Waals surface area contributed by atoms with Gasteiger partial charge in [-0.2, -0.15) is 0 Å². The van der Waals surface area contributed by atoms with Gasteiger partial charge in [-0.3, -0.25) is 0 Å². The Labute approximate surface area is 136 Å². The van der Waals surface area contributed by atoms with Gasteiger partial charge in [0.15, 0.2) is 0 Å². The van der Waals surface area contributed by atoms with Crippen LogP contribution in [-0.4, -0.2) is 9.97 Å². The zero-order valence-corrected chi connectivity index (χ0v) is 14.4. The van der Waals surface area contributed by atoms with Gasteiger partial charge in [0.25, 0.3) is 0 Å². The van der Waals surface area contributed by atoms with Crippen LogP contribution in [0, 0.1) is 0 Å². The van der Waals surface area contributed by atoms with Gasteiger partial charge in [-0.1, -0.05) is 44.0 Å². The fourth-order valence-electron chi connectivity index (χ4n) is 1.54. The molecule has 0 saturated heterocycles. The summed E-state index contributed by atoms with van der Waals surface area (Å²) in [5.74, 6) is 1.34. The fourth-order valence-corrected chi connectivity index (χ4v) is 2.15. The van der Waals surface area contributed by atoms with Gasteiger partial charge in [0, 0.05) is 21.6 Å². The minimum Gasteiger partial charge on any atom is -0.340 e. The number of nitrogens with zero attached hydrogens (tertiary/aromatic N) is 2. The van der Waals surface area contributed by atoms with Gasteiger partial charge in [0.2, 0.25) is 0 Å². The quantitative estimate of drug-likeness (QED) is 0.696. The minimum absolute atomic E-state index is 0.168. The van der Waals surface area contributed by atoms with Crippen molar-refractivity contribution in [2.24, 2.45) is 0 Å². The van der Waals surface area contributed by atoms with Crippen molar-refractivity contribution in [2.75, 3.05) is 5.32 Å². The predicted molar refractivity (Wildman–Crippen MR) is 88.2 cm³/mol. The van der Waals surface area contributed by atoms with Crippen LogP contribution in [-0.2, 0) is 5.41 Å². The molecule has 0 aliphatic heterocycles. The third-order valence-electron chi connectivity index (χ3n) is 2.56. The average molecular weight is 375 g/mol. The predicted octanol–water partition coefficient (Wildman–Crippen LogP) is 5.59. The normalized spacial score (nSPS) is 11.5. The van der Waals surface area contributed by atoms with E-state index in [4.69, 9.17) is 23.2 Å². The Balaban J connectivity index is 2.33. The maximum atomic E-state index is 6.07. The van der Waals surface area contributed by atoms with Crippen molar-refractivity contribution in [2.45, 2.75) is 26.2 Å². The zero-order valence-electron chi connectivity index (χ0n) is 11.3. The summed E-state index contributed by atoms with van der Waals surface area (Å²) >= 11 is 15.5. The van der Waals surface area contributed by atoms with Gasteiger partial charge >= 0.3 is 0 Å². The summed E-state index contributed by atoms with van der Waals surface area (Å²) < 4.78 is 0.848. The van der Waals surface area contributed by atoms with E-state index in [0.29, 0.717) is 21.8 Å². The molecule has 1 aromatic heterocycles. The Morgan fingerprint density at radius 1 is 1.10 bits per heavy atom. The first-order valence-electron chi connectivity index (χ1n) is 6.03. The summed E-state index contributed by atoms with van der Waals surface area (Å²) in [6.07, 6.45) is 0. The number of hydrogen-bond acceptors (Lipinski definition) is 3. The first kappa shape index (κ1) is 15.5. The van der Waals surface area contributed by atoms with Gasteiger partial charge < -0.3 is 5.32 Å². The Kier molecular flexibility index (Phi) is 4.57. The smallest absolute Gasteiger partial charge is 0.137 e. The number of aromatic nitrogens is 2. The lowest BCUT2D eigenvalue weighted by Gasteiger charge is -2.18. The first-order valence-corrected chi connectivity index (χ1v) is 7.58. The highest BCUT2D eigenvalue weighted by Gasteiger charge is 2.18. The molecule has 0 unspecified atom stereocenters. The Morgan fingerprint density at radius 3 is 2.40 bits per heavy atom. The van der Waals surface area contributed by atoms with Crippen molar-refractivity contribution in [3.05, 3.63) is 44.7 Å². The maximum absolute atomic E-state index is 6.07. The van der Waals surface area contributed by atoms with Gasteiger partial charge in [0.05, 0.1) is 5.02 Å². The van der Waals surface area contributed by atoms with Crippen LogP contribution in [0.15, 0.2) is 28.7 Å². The topological polar surface area (TPSA) is 37.8 Å². The lowest BCUT2D eigenvalue weighted by Crippen LogP contribution is -2.16. The summed E-state index contributed by atoms with van der Waals surface area (Å²) in [6.45, 7) is 6.12. The van der Waals surface area contributed by atoms with Crippen LogP contribution in [0.4, 0.5) is 11.5 Å². The van der Waals surface area contributed by atoms with Crippen molar-refractivity contribution >= 4 is 50.6 Å². The molecule has 0 radical (unpaired) electrons. The molecule has 0 aliphatic carbocycles. The first-order chi connectivity index (χ1) is 9.25. The lowest BCUT2D eigenvalue weighted by atomic mass is 9.96. The molecule has 0 atom stereocenters. The molecule has 2 rings (SSSR count). The molecule has 106 valence electrons. The van der Waals surface area contributed by atoms with Crippen LogP contribution in [0.5, 0.6) is 0 Å². The highest BCUT2D eigenvalue weighted by atomic mass is 79.9. The largest absolute Gasteiger partial charge is 0.340 e. The number of benzene rings is 1. The van der Waals surface area contributed by atoms with Crippen molar-refractivity contribution in [1.29, 1.82) is 0 Å². The monoisotopic (exact) mass is 373 g/mol. The molecule has 3 nitrogen and oxygen atoms in total. The Morgan fingerprint density at radius 2 is 1.80 bits per heavy atom. The molecule has 2 aromatic rings. The summed E-state index contributed by atoms with van der Waals surface area (Å²) in [5, 5.41) is 4.23. The van der Waals surface area contributed by atoms with Gasteiger partial charge in [-0.25, -0.2) is 9.97 Å². The lowest BCUT2D eigenvalue weighted by molar-refractivity contribution is 0.546. The van der Waals surface area contributed by atoms with Crippen LogP contribution in [0.25, 0.3) is 0 Å². The minimum atomic E-state index is -0.168. The molecule has 0 bridgehead atoms. The van der Waals surface area contributed by atoms with Gasteiger partial charge in [-0.05, 0) is 34.1 Å². The van der Waals surface area contributed by atoms with E-state index in [-0.39, 0.29) is 5.41 Å². The summed E-state index contributed by atoms with van der Waals surface area (Å²) in [6, 6.07) is 7.28.